The van der Waals surface area contributed by atoms with Gasteiger partial charge in [0.1, 0.15) is 5.01 Å². The molecular weight excluding hydrogens is 138 g/mol. The number of thiol groups is 1. The molecule has 0 bridgehead atoms. The fourth-order valence-electron chi connectivity index (χ4n) is 0.475. The normalized spacial score (nSPS) is 9.75. The van der Waals surface area contributed by atoms with Crippen LogP contribution < -0.4 is 0 Å². The van der Waals surface area contributed by atoms with Crippen LogP contribution in [0.3, 0.4) is 0 Å². The number of aryl methyl sites for hydroxylation is 1. The van der Waals surface area contributed by atoms with Gasteiger partial charge in [0.25, 0.3) is 0 Å². The van der Waals surface area contributed by atoms with E-state index in [0.717, 1.165) is 10.8 Å². The van der Waals surface area contributed by atoms with E-state index >= 15 is 0 Å². The quantitative estimate of drug-likeness (QED) is 0.595. The Labute approximate surface area is 58.2 Å². The molecule has 0 saturated carbocycles. The lowest BCUT2D eigenvalue weighted by Gasteiger charge is -1.77. The molecule has 0 aliphatic rings. The van der Waals surface area contributed by atoms with Gasteiger partial charge in [-0.05, 0) is 6.92 Å². The van der Waals surface area contributed by atoms with E-state index in [1.807, 2.05) is 13.1 Å². The monoisotopic (exact) mass is 145 g/mol. The SMILES string of the molecule is Cc1cnc(CS)s1. The molecule has 1 rings (SSSR count). The molecule has 44 valence electrons. The van der Waals surface area contributed by atoms with Crippen LogP contribution in [0.2, 0.25) is 0 Å². The van der Waals surface area contributed by atoms with Crippen molar-refractivity contribution in [2.24, 2.45) is 0 Å². The molecule has 0 N–H and O–H groups in total. The topological polar surface area (TPSA) is 12.9 Å². The number of hydrogen-bond acceptors (Lipinski definition) is 3. The highest BCUT2D eigenvalue weighted by atomic mass is 32.1. The predicted octanol–water partition coefficient (Wildman–Crippen LogP) is 1.88. The van der Waals surface area contributed by atoms with Crippen molar-refractivity contribution in [2.45, 2.75) is 12.7 Å². The maximum absolute atomic E-state index is 4.08. The highest BCUT2D eigenvalue weighted by Gasteiger charge is 1.91. The van der Waals surface area contributed by atoms with Crippen molar-refractivity contribution in [1.82, 2.24) is 4.98 Å². The molecule has 0 spiro atoms. The number of hydrogen-bond donors (Lipinski definition) is 1. The molecule has 1 heterocycles. The Morgan fingerprint density at radius 2 is 2.62 bits per heavy atom. The zero-order valence-electron chi connectivity index (χ0n) is 4.59. The van der Waals surface area contributed by atoms with Crippen LogP contribution in [0.5, 0.6) is 0 Å². The van der Waals surface area contributed by atoms with Crippen LogP contribution in [-0.4, -0.2) is 4.98 Å². The molecule has 0 atom stereocenters. The van der Waals surface area contributed by atoms with Crippen molar-refractivity contribution in [3.63, 3.8) is 0 Å². The van der Waals surface area contributed by atoms with Crippen molar-refractivity contribution >= 4 is 24.0 Å². The standard InChI is InChI=1S/C5H7NS2/c1-4-2-6-5(3-7)8-4/h2,7H,3H2,1H3. The van der Waals surface area contributed by atoms with Gasteiger partial charge in [-0.2, -0.15) is 12.6 Å². The molecule has 0 aliphatic heterocycles. The predicted molar refractivity (Wildman–Crippen MR) is 39.5 cm³/mol. The van der Waals surface area contributed by atoms with Crippen molar-refractivity contribution in [3.05, 3.63) is 16.1 Å². The van der Waals surface area contributed by atoms with Crippen LogP contribution >= 0.6 is 24.0 Å². The molecule has 1 nitrogen and oxygen atoms in total. The van der Waals surface area contributed by atoms with E-state index < -0.39 is 0 Å². The summed E-state index contributed by atoms with van der Waals surface area (Å²) >= 11 is 5.77. The van der Waals surface area contributed by atoms with Crippen LogP contribution in [0.25, 0.3) is 0 Å². The van der Waals surface area contributed by atoms with Crippen LogP contribution in [-0.2, 0) is 5.75 Å². The minimum absolute atomic E-state index is 0.762. The van der Waals surface area contributed by atoms with Gasteiger partial charge in [0.05, 0.1) is 0 Å². The third-order valence-electron chi connectivity index (χ3n) is 0.804. The average molecular weight is 145 g/mol. The van der Waals surface area contributed by atoms with Gasteiger partial charge in [0, 0.05) is 16.8 Å². The second-order valence-electron chi connectivity index (χ2n) is 1.52. The number of rotatable bonds is 1. The van der Waals surface area contributed by atoms with Gasteiger partial charge in [-0.3, -0.25) is 0 Å². The van der Waals surface area contributed by atoms with Gasteiger partial charge in [0.2, 0.25) is 0 Å². The third kappa shape index (κ3) is 1.23. The summed E-state index contributed by atoms with van der Waals surface area (Å²) in [6, 6.07) is 0. The van der Waals surface area contributed by atoms with Gasteiger partial charge in [-0.1, -0.05) is 0 Å². The lowest BCUT2D eigenvalue weighted by Crippen LogP contribution is -1.67. The summed E-state index contributed by atoms with van der Waals surface area (Å²) in [5.74, 6) is 0.762. The van der Waals surface area contributed by atoms with Crippen LogP contribution in [0.1, 0.15) is 9.88 Å². The molecule has 1 aromatic rings. The number of nitrogens with zero attached hydrogens (tertiary/aromatic N) is 1. The van der Waals surface area contributed by atoms with Crippen LogP contribution in [0, 0.1) is 6.92 Å². The van der Waals surface area contributed by atoms with Gasteiger partial charge in [-0.15, -0.1) is 11.3 Å². The molecule has 0 fully saturated rings. The van der Waals surface area contributed by atoms with Crippen LogP contribution in [0.4, 0.5) is 0 Å². The Kier molecular flexibility index (Phi) is 1.91. The lowest BCUT2D eigenvalue weighted by atomic mass is 10.6. The fraction of sp³-hybridized carbons (Fsp3) is 0.400. The summed E-state index contributed by atoms with van der Waals surface area (Å²) in [7, 11) is 0. The summed E-state index contributed by atoms with van der Waals surface area (Å²) in [5.41, 5.74) is 0. The molecule has 0 saturated heterocycles. The van der Waals surface area contributed by atoms with Crippen molar-refractivity contribution < 1.29 is 0 Å². The molecule has 8 heavy (non-hydrogen) atoms. The van der Waals surface area contributed by atoms with E-state index in [0.29, 0.717) is 0 Å². The maximum atomic E-state index is 4.08. The minimum atomic E-state index is 0.762. The summed E-state index contributed by atoms with van der Waals surface area (Å²) in [5, 5.41) is 1.10. The van der Waals surface area contributed by atoms with Gasteiger partial charge >= 0.3 is 0 Å². The van der Waals surface area contributed by atoms with E-state index in [9.17, 15) is 0 Å². The largest absolute Gasteiger partial charge is 0.249 e. The smallest absolute Gasteiger partial charge is 0.102 e. The highest BCUT2D eigenvalue weighted by molar-refractivity contribution is 7.79. The van der Waals surface area contributed by atoms with Gasteiger partial charge in [-0.25, -0.2) is 4.98 Å². The van der Waals surface area contributed by atoms with Crippen molar-refractivity contribution in [2.75, 3.05) is 0 Å². The molecule has 0 amide bonds. The zero-order chi connectivity index (χ0) is 5.98. The Hall–Kier alpha value is -0.0200. The number of aromatic nitrogens is 1. The second-order valence-corrected chi connectivity index (χ2v) is 3.16. The van der Waals surface area contributed by atoms with Gasteiger partial charge in [0.15, 0.2) is 0 Å². The first kappa shape index (κ1) is 6.11. The maximum Gasteiger partial charge on any atom is 0.102 e. The van der Waals surface area contributed by atoms with Gasteiger partial charge < -0.3 is 0 Å². The molecule has 0 aromatic carbocycles. The third-order valence-corrected chi connectivity index (χ3v) is 2.23. The molecule has 0 radical (unpaired) electrons. The number of thiazole rings is 1. The molecule has 0 aliphatic carbocycles. The Balaban J connectivity index is 2.84. The minimum Gasteiger partial charge on any atom is -0.249 e. The lowest BCUT2D eigenvalue weighted by molar-refractivity contribution is 1.26. The van der Waals surface area contributed by atoms with Crippen LogP contribution in [0.15, 0.2) is 6.20 Å². The summed E-state index contributed by atoms with van der Waals surface area (Å²) in [6.07, 6.45) is 1.87. The molecular formula is C5H7NS2. The summed E-state index contributed by atoms with van der Waals surface area (Å²) in [6.45, 7) is 2.05. The second kappa shape index (κ2) is 2.51. The Morgan fingerprint density at radius 1 is 1.88 bits per heavy atom. The first-order valence-corrected chi connectivity index (χ1v) is 3.80. The Morgan fingerprint density at radius 3 is 2.88 bits per heavy atom. The highest BCUT2D eigenvalue weighted by Crippen LogP contribution is 2.11. The summed E-state index contributed by atoms with van der Waals surface area (Å²) in [4.78, 5) is 5.33. The van der Waals surface area contributed by atoms with E-state index in [4.69, 9.17) is 0 Å². The summed E-state index contributed by atoms with van der Waals surface area (Å²) < 4.78 is 0. The van der Waals surface area contributed by atoms with E-state index in [2.05, 4.69) is 17.6 Å². The first-order chi connectivity index (χ1) is 3.83. The zero-order valence-corrected chi connectivity index (χ0v) is 6.30. The van der Waals surface area contributed by atoms with E-state index in [1.54, 1.807) is 11.3 Å². The van der Waals surface area contributed by atoms with Crippen molar-refractivity contribution in [1.29, 1.82) is 0 Å². The molecule has 0 unspecified atom stereocenters. The van der Waals surface area contributed by atoms with E-state index in [-0.39, 0.29) is 0 Å². The fourth-order valence-corrected chi connectivity index (χ4v) is 1.40. The van der Waals surface area contributed by atoms with E-state index in [1.165, 1.54) is 4.88 Å². The van der Waals surface area contributed by atoms with Crippen molar-refractivity contribution in [3.8, 4) is 0 Å². The molecule has 3 heteroatoms. The Bertz CT molecular complexity index is 171. The molecule has 1 aromatic heterocycles. The average Bonchev–Trinajstić information content (AvgIpc) is 2.14. The first-order valence-electron chi connectivity index (χ1n) is 2.35.